The third-order valence-corrected chi connectivity index (χ3v) is 8.93. The quantitative estimate of drug-likeness (QED) is 0.0638. The number of carbonyl (C=O) groups is 1. The standard InChI is InChI=1S/C38H72N4O/c1-3-5-7-9-11-13-15-17-19-21-23-25-27-29-31-42(38(43)37(39)33-36-34-40-35-41-36)32-30-28-26-24-22-20-18-16-14-12-10-8-6-4-2/h33-35H,3-32,39H2,1-2H3,(H,40,41). The lowest BCUT2D eigenvalue weighted by Crippen LogP contribution is -2.36. The van der Waals surface area contributed by atoms with Gasteiger partial charge in [0.05, 0.1) is 23.9 Å². The van der Waals surface area contributed by atoms with E-state index in [4.69, 9.17) is 5.73 Å². The Labute approximate surface area is 267 Å². The van der Waals surface area contributed by atoms with Crippen molar-refractivity contribution in [2.24, 2.45) is 5.73 Å². The van der Waals surface area contributed by atoms with Crippen LogP contribution in [0.15, 0.2) is 18.2 Å². The predicted molar refractivity (Wildman–Crippen MR) is 188 cm³/mol. The molecule has 0 saturated heterocycles. The van der Waals surface area contributed by atoms with Crippen LogP contribution in [0.1, 0.15) is 199 Å². The highest BCUT2D eigenvalue weighted by Gasteiger charge is 2.16. The van der Waals surface area contributed by atoms with Gasteiger partial charge in [-0.3, -0.25) is 4.79 Å². The molecule has 1 rings (SSSR count). The minimum Gasteiger partial charge on any atom is -0.394 e. The zero-order valence-electron chi connectivity index (χ0n) is 28.8. The summed E-state index contributed by atoms with van der Waals surface area (Å²) >= 11 is 0. The zero-order chi connectivity index (χ0) is 31.1. The molecule has 5 nitrogen and oxygen atoms in total. The van der Waals surface area contributed by atoms with Crippen molar-refractivity contribution in [3.05, 3.63) is 23.9 Å². The minimum atomic E-state index is -0.0287. The number of carbonyl (C=O) groups excluding carboxylic acids is 1. The number of aromatic nitrogens is 2. The molecule has 0 radical (unpaired) electrons. The van der Waals surface area contributed by atoms with Gasteiger partial charge < -0.3 is 15.6 Å². The normalized spacial score (nSPS) is 11.8. The molecule has 0 fully saturated rings. The Hall–Kier alpha value is -1.78. The second-order valence-electron chi connectivity index (χ2n) is 13.1. The number of nitrogens with zero attached hydrogens (tertiary/aromatic N) is 2. The Morgan fingerprint density at radius 3 is 1.23 bits per heavy atom. The predicted octanol–water partition coefficient (Wildman–Crippen LogP) is 11.5. The lowest BCUT2D eigenvalue weighted by Gasteiger charge is -2.23. The number of imidazole rings is 1. The number of unbranched alkanes of at least 4 members (excludes halogenated alkanes) is 26. The zero-order valence-corrected chi connectivity index (χ0v) is 28.8. The van der Waals surface area contributed by atoms with Crippen LogP contribution in [0.3, 0.4) is 0 Å². The first-order chi connectivity index (χ1) is 21.2. The molecule has 0 aliphatic rings. The van der Waals surface area contributed by atoms with E-state index >= 15 is 0 Å². The number of H-pyrrole nitrogens is 1. The summed E-state index contributed by atoms with van der Waals surface area (Å²) in [5.41, 5.74) is 7.31. The summed E-state index contributed by atoms with van der Waals surface area (Å²) in [6, 6.07) is 0. The summed E-state index contributed by atoms with van der Waals surface area (Å²) in [7, 11) is 0. The van der Waals surface area contributed by atoms with E-state index in [1.165, 1.54) is 167 Å². The molecule has 1 heterocycles. The monoisotopic (exact) mass is 601 g/mol. The van der Waals surface area contributed by atoms with Gasteiger partial charge in [-0.25, -0.2) is 4.98 Å². The molecule has 0 aliphatic carbocycles. The summed E-state index contributed by atoms with van der Waals surface area (Å²) in [4.78, 5) is 22.3. The number of hydrogen-bond donors (Lipinski definition) is 2. The number of hydrogen-bond acceptors (Lipinski definition) is 3. The molecular weight excluding hydrogens is 528 g/mol. The molecule has 0 unspecified atom stereocenters. The second-order valence-corrected chi connectivity index (χ2v) is 13.1. The van der Waals surface area contributed by atoms with Crippen molar-refractivity contribution in [3.63, 3.8) is 0 Å². The van der Waals surface area contributed by atoms with E-state index in [0.717, 1.165) is 31.6 Å². The van der Waals surface area contributed by atoms with Crippen molar-refractivity contribution in [2.75, 3.05) is 13.1 Å². The average Bonchev–Trinajstić information content (AvgIpc) is 3.53. The molecule has 1 amide bonds. The molecule has 250 valence electrons. The van der Waals surface area contributed by atoms with Gasteiger partial charge in [0.1, 0.15) is 0 Å². The molecule has 43 heavy (non-hydrogen) atoms. The molecule has 5 heteroatoms. The van der Waals surface area contributed by atoms with E-state index in [1.807, 2.05) is 4.90 Å². The van der Waals surface area contributed by atoms with Gasteiger partial charge in [0.2, 0.25) is 0 Å². The molecule has 0 atom stereocenters. The SMILES string of the molecule is CCCCCCCCCCCCCCCCN(CCCCCCCCCCCCCCCC)C(=O)C(N)=Cc1cnc[nH]1. The maximum absolute atomic E-state index is 13.2. The Kier molecular flexibility index (Phi) is 27.6. The fraction of sp³-hybridized carbons (Fsp3) is 0.842. The van der Waals surface area contributed by atoms with Crippen LogP contribution in [0.2, 0.25) is 0 Å². The summed E-state index contributed by atoms with van der Waals surface area (Å²) in [6.45, 7) is 6.20. The smallest absolute Gasteiger partial charge is 0.269 e. The van der Waals surface area contributed by atoms with Gasteiger partial charge in [0.25, 0.3) is 5.91 Å². The first-order valence-corrected chi connectivity index (χ1v) is 18.9. The molecule has 0 bridgehead atoms. The Morgan fingerprint density at radius 1 is 0.605 bits per heavy atom. The van der Waals surface area contributed by atoms with Crippen LogP contribution in [0, 0.1) is 0 Å². The molecule has 0 aromatic carbocycles. The van der Waals surface area contributed by atoms with Crippen molar-refractivity contribution >= 4 is 12.0 Å². The number of nitrogens with one attached hydrogen (secondary N) is 1. The second kappa shape index (κ2) is 30.3. The minimum absolute atomic E-state index is 0.0287. The molecule has 3 N–H and O–H groups in total. The van der Waals surface area contributed by atoms with Gasteiger partial charge in [-0.2, -0.15) is 0 Å². The average molecular weight is 601 g/mol. The van der Waals surface area contributed by atoms with Gasteiger partial charge in [0, 0.05) is 13.1 Å². The van der Waals surface area contributed by atoms with E-state index < -0.39 is 0 Å². The van der Waals surface area contributed by atoms with Crippen molar-refractivity contribution in [2.45, 2.75) is 194 Å². The van der Waals surface area contributed by atoms with E-state index in [0.29, 0.717) is 5.70 Å². The molecule has 0 saturated carbocycles. The van der Waals surface area contributed by atoms with E-state index in [1.54, 1.807) is 18.6 Å². The van der Waals surface area contributed by atoms with Gasteiger partial charge in [-0.15, -0.1) is 0 Å². The third kappa shape index (κ3) is 24.3. The topological polar surface area (TPSA) is 75.0 Å². The molecule has 1 aromatic heterocycles. The van der Waals surface area contributed by atoms with E-state index in [9.17, 15) is 4.79 Å². The van der Waals surface area contributed by atoms with E-state index in [-0.39, 0.29) is 5.91 Å². The first-order valence-electron chi connectivity index (χ1n) is 18.9. The van der Waals surface area contributed by atoms with Crippen LogP contribution in [0.4, 0.5) is 0 Å². The first kappa shape index (κ1) is 39.2. The lowest BCUT2D eigenvalue weighted by molar-refractivity contribution is -0.127. The van der Waals surface area contributed by atoms with Crippen molar-refractivity contribution in [3.8, 4) is 0 Å². The van der Waals surface area contributed by atoms with Crippen LogP contribution in [0.5, 0.6) is 0 Å². The Morgan fingerprint density at radius 2 is 0.930 bits per heavy atom. The summed E-state index contributed by atoms with van der Waals surface area (Å²) in [5.74, 6) is -0.0287. The van der Waals surface area contributed by atoms with Crippen LogP contribution in [-0.2, 0) is 4.79 Å². The number of amides is 1. The fourth-order valence-electron chi connectivity index (χ4n) is 6.07. The van der Waals surface area contributed by atoms with Gasteiger partial charge in [-0.05, 0) is 18.9 Å². The van der Waals surface area contributed by atoms with Gasteiger partial charge >= 0.3 is 0 Å². The van der Waals surface area contributed by atoms with Crippen LogP contribution >= 0.6 is 0 Å². The Balaban J connectivity index is 2.18. The largest absolute Gasteiger partial charge is 0.394 e. The molecule has 0 spiro atoms. The maximum Gasteiger partial charge on any atom is 0.269 e. The third-order valence-electron chi connectivity index (χ3n) is 8.93. The number of rotatable bonds is 32. The fourth-order valence-corrected chi connectivity index (χ4v) is 6.07. The van der Waals surface area contributed by atoms with Crippen LogP contribution in [-0.4, -0.2) is 33.9 Å². The van der Waals surface area contributed by atoms with Crippen molar-refractivity contribution in [1.82, 2.24) is 14.9 Å². The Bertz CT molecular complexity index is 713. The molecular formula is C38H72N4O. The van der Waals surface area contributed by atoms with Gasteiger partial charge in [0.15, 0.2) is 0 Å². The van der Waals surface area contributed by atoms with E-state index in [2.05, 4.69) is 23.8 Å². The van der Waals surface area contributed by atoms with Crippen molar-refractivity contribution in [1.29, 1.82) is 0 Å². The highest BCUT2D eigenvalue weighted by atomic mass is 16.2. The summed E-state index contributed by atoms with van der Waals surface area (Å²) < 4.78 is 0. The summed E-state index contributed by atoms with van der Waals surface area (Å²) in [5, 5.41) is 0. The number of nitrogens with two attached hydrogens (primary N) is 1. The van der Waals surface area contributed by atoms with Gasteiger partial charge in [-0.1, -0.05) is 181 Å². The van der Waals surface area contributed by atoms with Crippen LogP contribution in [0.25, 0.3) is 6.08 Å². The molecule has 0 aliphatic heterocycles. The number of aromatic amines is 1. The van der Waals surface area contributed by atoms with Crippen LogP contribution < -0.4 is 5.73 Å². The maximum atomic E-state index is 13.2. The highest BCUT2D eigenvalue weighted by Crippen LogP contribution is 2.16. The summed E-state index contributed by atoms with van der Waals surface area (Å²) in [6.07, 6.45) is 42.8. The molecule has 1 aromatic rings. The lowest BCUT2D eigenvalue weighted by atomic mass is 10.0. The van der Waals surface area contributed by atoms with Crippen molar-refractivity contribution < 1.29 is 4.79 Å². The highest BCUT2D eigenvalue weighted by molar-refractivity contribution is 5.96.